The van der Waals surface area contributed by atoms with Gasteiger partial charge in [-0.15, -0.1) is 0 Å². The molecule has 1 unspecified atom stereocenters. The average Bonchev–Trinajstić information content (AvgIpc) is 3.67. The molecular weight excluding hydrogens is 725 g/mol. The Kier molecular flexibility index (Phi) is 10.9. The van der Waals surface area contributed by atoms with Gasteiger partial charge in [0.25, 0.3) is 12.3 Å². The fourth-order valence-electron chi connectivity index (χ4n) is 7.78. The Morgan fingerprint density at radius 1 is 0.877 bits per heavy atom. The van der Waals surface area contributed by atoms with E-state index in [-0.39, 0.29) is 29.3 Å². The van der Waals surface area contributed by atoms with Gasteiger partial charge in [0.2, 0.25) is 11.8 Å². The summed E-state index contributed by atoms with van der Waals surface area (Å²) in [6.07, 6.45) is 4.02. The highest BCUT2D eigenvalue weighted by molar-refractivity contribution is 6.01. The van der Waals surface area contributed by atoms with E-state index in [0.717, 1.165) is 77.2 Å². The van der Waals surface area contributed by atoms with Gasteiger partial charge in [0.1, 0.15) is 12.4 Å². The first-order valence-corrected chi connectivity index (χ1v) is 19.3. The predicted molar refractivity (Wildman–Crippen MR) is 215 cm³/mol. The number of anilines is 1. The molecule has 2 aliphatic rings. The quantitative estimate of drug-likeness (QED) is 0.115. The van der Waals surface area contributed by atoms with Crippen LogP contribution in [0.5, 0.6) is 0 Å². The van der Waals surface area contributed by atoms with Gasteiger partial charge in [0, 0.05) is 53.6 Å². The second-order valence-corrected chi connectivity index (χ2v) is 14.9. The van der Waals surface area contributed by atoms with E-state index in [2.05, 4.69) is 73.4 Å². The number of alkyl halides is 2. The maximum atomic E-state index is 12.9. The molecule has 3 amide bonds. The summed E-state index contributed by atoms with van der Waals surface area (Å²) in [6, 6.07) is 30.2. The predicted octanol–water partition coefficient (Wildman–Crippen LogP) is 7.84. The van der Waals surface area contributed by atoms with Gasteiger partial charge in [0.05, 0.1) is 11.2 Å². The van der Waals surface area contributed by atoms with Gasteiger partial charge in [-0.25, -0.2) is 18.3 Å². The average molecular weight is 768 g/mol. The lowest BCUT2D eigenvalue weighted by atomic mass is 9.89. The Balaban J connectivity index is 0.856. The number of nitrogens with zero attached hydrogens (tertiary/aromatic N) is 4. The summed E-state index contributed by atoms with van der Waals surface area (Å²) in [5.41, 5.74) is 10.4. The number of fused-ring (bicyclic) bond motifs is 1. The van der Waals surface area contributed by atoms with Crippen molar-refractivity contribution in [1.82, 2.24) is 30.1 Å². The maximum absolute atomic E-state index is 12.9. The molecule has 4 aromatic carbocycles. The molecule has 0 saturated carbocycles. The van der Waals surface area contributed by atoms with E-state index in [0.29, 0.717) is 30.9 Å². The number of imide groups is 1. The first-order valence-electron chi connectivity index (χ1n) is 19.3. The van der Waals surface area contributed by atoms with Gasteiger partial charge in [-0.2, -0.15) is 5.10 Å². The lowest BCUT2D eigenvalue weighted by Crippen LogP contribution is -2.47. The molecule has 2 fully saturated rings. The lowest BCUT2D eigenvalue weighted by Gasteiger charge is -2.32. The topological polar surface area (TPSA) is 121 Å². The number of carbonyl (C=O) groups excluding carboxylic acids is 3. The Hall–Kier alpha value is -6.27. The summed E-state index contributed by atoms with van der Waals surface area (Å²) in [5.74, 6) is -0.304. The molecule has 0 radical (unpaired) electrons. The lowest BCUT2D eigenvalue weighted by molar-refractivity contribution is -0.133. The number of benzene rings is 4. The highest BCUT2D eigenvalue weighted by Gasteiger charge is 2.27. The Morgan fingerprint density at radius 3 is 2.32 bits per heavy atom. The summed E-state index contributed by atoms with van der Waals surface area (Å²) in [6.45, 7) is 5.21. The molecule has 10 nitrogen and oxygen atoms in total. The van der Waals surface area contributed by atoms with Crippen molar-refractivity contribution in [2.75, 3.05) is 18.4 Å². The number of carbonyl (C=O) groups is 3. The van der Waals surface area contributed by atoms with E-state index in [1.165, 1.54) is 35.4 Å². The number of hydrogen-bond donors (Lipinski definition) is 3. The molecule has 2 aromatic heterocycles. The molecule has 2 saturated heterocycles. The van der Waals surface area contributed by atoms with Crippen LogP contribution in [-0.4, -0.2) is 56.4 Å². The van der Waals surface area contributed by atoms with Crippen molar-refractivity contribution in [3.63, 3.8) is 0 Å². The van der Waals surface area contributed by atoms with Crippen LogP contribution in [0, 0.1) is 6.92 Å². The molecule has 6 aromatic rings. The van der Waals surface area contributed by atoms with Crippen molar-refractivity contribution in [3.8, 4) is 22.4 Å². The summed E-state index contributed by atoms with van der Waals surface area (Å²) < 4.78 is 27.6. The van der Waals surface area contributed by atoms with Crippen LogP contribution < -0.4 is 16.0 Å². The molecule has 290 valence electrons. The maximum Gasteiger partial charge on any atom is 0.263 e. The van der Waals surface area contributed by atoms with Crippen molar-refractivity contribution >= 4 is 28.9 Å². The standard InChI is InChI=1S/C45H43F2N7O3/c1-28-22-35(10-11-36(28)24-48-44(56)34-8-6-33(7-9-34)43(46)47)42-40-23-37(26-54(40)50-27-49-42)31-4-2-29(3-5-31)25-53-20-18-32(19-21-53)30-12-14-38(15-13-30)51-39-16-17-41(55)52-45(39)57/h2-15,22-23,26-27,32,39,43,51H,16-21,24-25H2,1H3,(H,48,56)(H,52,55,57). The van der Waals surface area contributed by atoms with Gasteiger partial charge in [-0.1, -0.05) is 60.7 Å². The molecule has 0 spiro atoms. The van der Waals surface area contributed by atoms with Crippen molar-refractivity contribution in [1.29, 1.82) is 0 Å². The van der Waals surface area contributed by atoms with Crippen LogP contribution in [0.25, 0.3) is 27.9 Å². The van der Waals surface area contributed by atoms with Crippen LogP contribution in [0.3, 0.4) is 0 Å². The van der Waals surface area contributed by atoms with Gasteiger partial charge in [-0.3, -0.25) is 24.6 Å². The largest absolute Gasteiger partial charge is 0.374 e. The highest BCUT2D eigenvalue weighted by atomic mass is 19.3. The molecule has 1 atom stereocenters. The zero-order valence-corrected chi connectivity index (χ0v) is 31.6. The Bertz CT molecular complexity index is 2410. The number of halogens is 2. The van der Waals surface area contributed by atoms with Crippen molar-refractivity contribution < 1.29 is 23.2 Å². The van der Waals surface area contributed by atoms with Gasteiger partial charge >= 0.3 is 0 Å². The van der Waals surface area contributed by atoms with Crippen LogP contribution in [0.15, 0.2) is 110 Å². The number of hydrogen-bond acceptors (Lipinski definition) is 7. The number of aryl methyl sites for hydroxylation is 1. The zero-order valence-electron chi connectivity index (χ0n) is 31.6. The van der Waals surface area contributed by atoms with Crippen LogP contribution in [-0.2, 0) is 22.7 Å². The minimum absolute atomic E-state index is 0.116. The monoisotopic (exact) mass is 767 g/mol. The van der Waals surface area contributed by atoms with E-state index in [9.17, 15) is 23.2 Å². The van der Waals surface area contributed by atoms with Crippen LogP contribution in [0.1, 0.15) is 76.2 Å². The number of nitrogens with one attached hydrogen (secondary N) is 3. The third kappa shape index (κ3) is 8.61. The zero-order chi connectivity index (χ0) is 39.5. The van der Waals surface area contributed by atoms with Crippen molar-refractivity contribution in [3.05, 3.63) is 143 Å². The fraction of sp³-hybridized carbons (Fsp3) is 0.267. The first-order chi connectivity index (χ1) is 27.7. The van der Waals surface area contributed by atoms with Gasteiger partial charge in [0.15, 0.2) is 0 Å². The third-order valence-electron chi connectivity index (χ3n) is 11.1. The first kappa shape index (κ1) is 37.6. The number of rotatable bonds is 11. The molecule has 57 heavy (non-hydrogen) atoms. The van der Waals surface area contributed by atoms with Gasteiger partial charge < -0.3 is 10.6 Å². The Labute approximate surface area is 329 Å². The number of aromatic nitrogens is 3. The summed E-state index contributed by atoms with van der Waals surface area (Å²) in [7, 11) is 0. The molecule has 0 bridgehead atoms. The van der Waals surface area contributed by atoms with E-state index < -0.39 is 6.43 Å². The second-order valence-electron chi connectivity index (χ2n) is 14.9. The summed E-state index contributed by atoms with van der Waals surface area (Å²) >= 11 is 0. The van der Waals surface area contributed by atoms with Gasteiger partial charge in [-0.05, 0) is 109 Å². The van der Waals surface area contributed by atoms with Crippen molar-refractivity contribution in [2.45, 2.75) is 64.1 Å². The van der Waals surface area contributed by atoms with Crippen LogP contribution in [0.2, 0.25) is 0 Å². The third-order valence-corrected chi connectivity index (χ3v) is 11.1. The number of amides is 3. The molecule has 12 heteroatoms. The highest BCUT2D eigenvalue weighted by Crippen LogP contribution is 2.32. The van der Waals surface area contributed by atoms with Crippen molar-refractivity contribution in [2.24, 2.45) is 0 Å². The van der Waals surface area contributed by atoms with E-state index >= 15 is 0 Å². The molecule has 0 aliphatic carbocycles. The minimum Gasteiger partial charge on any atom is -0.374 e. The molecule has 8 rings (SSSR count). The minimum atomic E-state index is -2.57. The SMILES string of the molecule is Cc1cc(-c2ncnn3cc(-c4ccc(CN5CCC(c6ccc(NC7CCC(=O)NC7=O)cc6)CC5)cc4)cc23)ccc1CNC(=O)c1ccc(C(F)F)cc1. The summed E-state index contributed by atoms with van der Waals surface area (Å²) in [4.78, 5) is 43.4. The second kappa shape index (κ2) is 16.4. The van der Waals surface area contributed by atoms with Crippen LogP contribution in [0.4, 0.5) is 14.5 Å². The molecule has 3 N–H and O–H groups in total. The fourth-order valence-corrected chi connectivity index (χ4v) is 7.78. The molecule has 2 aliphatic heterocycles. The number of likely N-dealkylation sites (tertiary alicyclic amines) is 1. The van der Waals surface area contributed by atoms with Crippen LogP contribution >= 0.6 is 0 Å². The van der Waals surface area contributed by atoms with E-state index in [4.69, 9.17) is 0 Å². The van der Waals surface area contributed by atoms with E-state index in [1.807, 2.05) is 48.0 Å². The normalized spacial score (nSPS) is 16.5. The molecule has 4 heterocycles. The summed E-state index contributed by atoms with van der Waals surface area (Å²) in [5, 5.41) is 13.0. The number of piperidine rings is 2. The smallest absolute Gasteiger partial charge is 0.263 e. The Morgan fingerprint density at radius 2 is 1.61 bits per heavy atom. The van der Waals surface area contributed by atoms with E-state index in [1.54, 1.807) is 6.33 Å². The molecular formula is C45H43F2N7O3.